The molecule has 1 saturated heterocycles. The second kappa shape index (κ2) is 9.90. The SMILES string of the molecule is Cc1nc(Cc2ncc(F)c(-c3ccc4c(c3)N(C(C)C)CCO4)n2)ccc1C1CCN(C)CC1. The van der Waals surface area contributed by atoms with Crippen molar-refractivity contribution in [2.75, 3.05) is 38.2 Å². The summed E-state index contributed by atoms with van der Waals surface area (Å²) in [5.41, 5.74) is 5.33. The van der Waals surface area contributed by atoms with Crippen molar-refractivity contribution in [1.82, 2.24) is 19.9 Å². The highest BCUT2D eigenvalue weighted by atomic mass is 19.1. The second-order valence-corrected chi connectivity index (χ2v) is 10.0. The zero-order chi connectivity index (χ0) is 24.5. The lowest BCUT2D eigenvalue weighted by Gasteiger charge is -2.34. The van der Waals surface area contributed by atoms with Crippen LogP contribution in [0.1, 0.15) is 55.4 Å². The third-order valence-electron chi connectivity index (χ3n) is 7.23. The van der Waals surface area contributed by atoms with Gasteiger partial charge in [-0.25, -0.2) is 14.4 Å². The van der Waals surface area contributed by atoms with Crippen LogP contribution in [0.15, 0.2) is 36.5 Å². The third kappa shape index (κ3) is 5.01. The van der Waals surface area contributed by atoms with Crippen LogP contribution in [0.2, 0.25) is 0 Å². The zero-order valence-corrected chi connectivity index (χ0v) is 21.1. The fourth-order valence-corrected chi connectivity index (χ4v) is 5.25. The van der Waals surface area contributed by atoms with E-state index < -0.39 is 5.82 Å². The van der Waals surface area contributed by atoms with Crippen LogP contribution >= 0.6 is 0 Å². The average molecular weight is 476 g/mol. The molecule has 1 fully saturated rings. The number of benzene rings is 1. The molecule has 0 aliphatic carbocycles. The first-order valence-corrected chi connectivity index (χ1v) is 12.6. The number of pyridine rings is 1. The monoisotopic (exact) mass is 475 g/mol. The molecule has 0 atom stereocenters. The van der Waals surface area contributed by atoms with Crippen LogP contribution in [-0.2, 0) is 6.42 Å². The number of piperidine rings is 1. The smallest absolute Gasteiger partial charge is 0.167 e. The van der Waals surface area contributed by atoms with Gasteiger partial charge in [0, 0.05) is 23.0 Å². The summed E-state index contributed by atoms with van der Waals surface area (Å²) in [6.07, 6.45) is 4.08. The fraction of sp³-hybridized carbons (Fsp3) is 0.464. The van der Waals surface area contributed by atoms with Crippen molar-refractivity contribution in [3.05, 3.63) is 65.1 Å². The van der Waals surface area contributed by atoms with Crippen LogP contribution in [0.4, 0.5) is 10.1 Å². The number of anilines is 1. The highest BCUT2D eigenvalue weighted by Crippen LogP contribution is 2.37. The molecule has 0 N–H and O–H groups in total. The minimum Gasteiger partial charge on any atom is -0.490 e. The van der Waals surface area contributed by atoms with Crippen molar-refractivity contribution in [1.29, 1.82) is 0 Å². The van der Waals surface area contributed by atoms with Gasteiger partial charge in [-0.05, 0) is 89.5 Å². The van der Waals surface area contributed by atoms with E-state index in [0.717, 1.165) is 48.0 Å². The number of ether oxygens (including phenoxy) is 1. The Morgan fingerprint density at radius 1 is 1.09 bits per heavy atom. The van der Waals surface area contributed by atoms with Crippen molar-refractivity contribution in [3.63, 3.8) is 0 Å². The Kier molecular flexibility index (Phi) is 6.69. The number of likely N-dealkylation sites (tertiary alicyclic amines) is 1. The van der Waals surface area contributed by atoms with Crippen LogP contribution < -0.4 is 9.64 Å². The van der Waals surface area contributed by atoms with E-state index >= 15 is 0 Å². The summed E-state index contributed by atoms with van der Waals surface area (Å²) >= 11 is 0. The van der Waals surface area contributed by atoms with Gasteiger partial charge in [-0.15, -0.1) is 0 Å². The van der Waals surface area contributed by atoms with Gasteiger partial charge in [0.2, 0.25) is 0 Å². The van der Waals surface area contributed by atoms with E-state index in [1.54, 1.807) is 0 Å². The summed E-state index contributed by atoms with van der Waals surface area (Å²) in [6, 6.07) is 10.4. The minimum atomic E-state index is -0.428. The highest BCUT2D eigenvalue weighted by molar-refractivity contribution is 5.71. The number of aromatic nitrogens is 3. The molecule has 0 amide bonds. The van der Waals surface area contributed by atoms with Gasteiger partial charge >= 0.3 is 0 Å². The van der Waals surface area contributed by atoms with Crippen molar-refractivity contribution in [2.45, 2.75) is 52.0 Å². The van der Waals surface area contributed by atoms with Crippen molar-refractivity contribution < 1.29 is 9.13 Å². The molecule has 2 aliphatic heterocycles. The molecule has 0 saturated carbocycles. The molecule has 7 heteroatoms. The van der Waals surface area contributed by atoms with E-state index in [-0.39, 0.29) is 0 Å². The largest absolute Gasteiger partial charge is 0.490 e. The standard InChI is InChI=1S/C28H34FN5O/c1-18(2)34-13-14-35-26-8-5-21(15-25(26)34)28-24(29)17-30-27(32-28)16-22-6-7-23(19(3)31-22)20-9-11-33(4)12-10-20/h5-8,15,17-18,20H,9-14,16H2,1-4H3. The van der Waals surface area contributed by atoms with Crippen LogP contribution in [0, 0.1) is 12.7 Å². The number of halogens is 1. The molecule has 5 rings (SSSR count). The van der Waals surface area contributed by atoms with Crippen LogP contribution in [0.5, 0.6) is 5.75 Å². The van der Waals surface area contributed by atoms with Gasteiger partial charge in [-0.3, -0.25) is 4.98 Å². The van der Waals surface area contributed by atoms with Gasteiger partial charge in [-0.1, -0.05) is 6.07 Å². The topological polar surface area (TPSA) is 54.4 Å². The van der Waals surface area contributed by atoms with E-state index in [1.165, 1.54) is 24.6 Å². The number of hydrogen-bond donors (Lipinski definition) is 0. The van der Waals surface area contributed by atoms with Crippen molar-refractivity contribution in [3.8, 4) is 17.0 Å². The second-order valence-electron chi connectivity index (χ2n) is 10.0. The Hall–Kier alpha value is -3.06. The predicted octanol–water partition coefficient (Wildman–Crippen LogP) is 4.99. The summed E-state index contributed by atoms with van der Waals surface area (Å²) in [5.74, 6) is 1.53. The lowest BCUT2D eigenvalue weighted by molar-refractivity contribution is 0.255. The van der Waals surface area contributed by atoms with E-state index in [4.69, 9.17) is 9.72 Å². The van der Waals surface area contributed by atoms with Gasteiger partial charge in [0.05, 0.1) is 24.8 Å². The summed E-state index contributed by atoms with van der Waals surface area (Å²) < 4.78 is 20.7. The first-order valence-electron chi connectivity index (χ1n) is 12.6. The molecule has 0 bridgehead atoms. The molecule has 2 aliphatic rings. The molecule has 4 heterocycles. The van der Waals surface area contributed by atoms with E-state index in [2.05, 4.69) is 59.7 Å². The maximum Gasteiger partial charge on any atom is 0.167 e. The number of hydrogen-bond acceptors (Lipinski definition) is 6. The molecular formula is C28H34FN5O. The summed E-state index contributed by atoms with van der Waals surface area (Å²) in [7, 11) is 2.18. The Labute approximate surface area is 207 Å². The first kappa shape index (κ1) is 23.7. The lowest BCUT2D eigenvalue weighted by Crippen LogP contribution is -2.37. The van der Waals surface area contributed by atoms with Crippen LogP contribution in [0.25, 0.3) is 11.3 Å². The number of fused-ring (bicyclic) bond motifs is 1. The molecular weight excluding hydrogens is 441 g/mol. The van der Waals surface area contributed by atoms with Gasteiger partial charge in [0.25, 0.3) is 0 Å². The molecule has 0 spiro atoms. The lowest BCUT2D eigenvalue weighted by atomic mass is 9.88. The number of rotatable bonds is 5. The van der Waals surface area contributed by atoms with Crippen molar-refractivity contribution in [2.24, 2.45) is 0 Å². The number of nitrogens with zero attached hydrogens (tertiary/aromatic N) is 5. The normalized spacial score (nSPS) is 16.9. The maximum absolute atomic E-state index is 14.8. The third-order valence-corrected chi connectivity index (χ3v) is 7.23. The Balaban J connectivity index is 1.39. The van der Waals surface area contributed by atoms with E-state index in [0.29, 0.717) is 36.5 Å². The molecule has 1 aromatic carbocycles. The quantitative estimate of drug-likeness (QED) is 0.518. The van der Waals surface area contributed by atoms with Crippen molar-refractivity contribution >= 4 is 5.69 Å². The van der Waals surface area contributed by atoms with Gasteiger partial charge in [0.15, 0.2) is 5.82 Å². The predicted molar refractivity (Wildman–Crippen MR) is 137 cm³/mol. The molecule has 0 unspecified atom stereocenters. The van der Waals surface area contributed by atoms with E-state index in [9.17, 15) is 4.39 Å². The minimum absolute atomic E-state index is 0.312. The van der Waals surface area contributed by atoms with Gasteiger partial charge in [0.1, 0.15) is 23.9 Å². The Morgan fingerprint density at radius 3 is 2.63 bits per heavy atom. The number of aryl methyl sites for hydroxylation is 1. The molecule has 35 heavy (non-hydrogen) atoms. The fourth-order valence-electron chi connectivity index (χ4n) is 5.25. The Morgan fingerprint density at radius 2 is 1.89 bits per heavy atom. The molecule has 6 nitrogen and oxygen atoms in total. The highest BCUT2D eigenvalue weighted by Gasteiger charge is 2.23. The van der Waals surface area contributed by atoms with Gasteiger partial charge < -0.3 is 14.5 Å². The molecule has 0 radical (unpaired) electrons. The molecule has 3 aromatic rings. The van der Waals surface area contributed by atoms with Gasteiger partial charge in [-0.2, -0.15) is 0 Å². The van der Waals surface area contributed by atoms with Crippen LogP contribution in [0.3, 0.4) is 0 Å². The zero-order valence-electron chi connectivity index (χ0n) is 21.1. The van der Waals surface area contributed by atoms with E-state index in [1.807, 2.05) is 18.2 Å². The summed E-state index contributed by atoms with van der Waals surface area (Å²) in [4.78, 5) is 18.4. The molecule has 184 valence electrons. The summed E-state index contributed by atoms with van der Waals surface area (Å²) in [5, 5.41) is 0. The Bertz CT molecular complexity index is 1210. The summed E-state index contributed by atoms with van der Waals surface area (Å²) in [6.45, 7) is 10.1. The molecule has 2 aromatic heterocycles. The first-order chi connectivity index (χ1) is 16.9. The van der Waals surface area contributed by atoms with Crippen LogP contribution in [-0.4, -0.2) is 59.2 Å². The maximum atomic E-state index is 14.8. The average Bonchev–Trinajstić information content (AvgIpc) is 2.85.